The fourth-order valence-corrected chi connectivity index (χ4v) is 5.78. The number of halogens is 1. The van der Waals surface area contributed by atoms with Crippen molar-refractivity contribution in [2.75, 3.05) is 16.6 Å². The van der Waals surface area contributed by atoms with E-state index >= 15 is 0 Å². The van der Waals surface area contributed by atoms with Gasteiger partial charge < -0.3 is 5.32 Å². The molecule has 0 unspecified atom stereocenters. The lowest BCUT2D eigenvalue weighted by Gasteiger charge is -2.12. The number of anilines is 2. The van der Waals surface area contributed by atoms with Gasteiger partial charge in [-0.3, -0.25) is 24.0 Å². The Balaban J connectivity index is 1.32. The quantitative estimate of drug-likeness (QED) is 0.392. The smallest absolute Gasteiger partial charge is 0.293 e. The number of carbonyl (C=O) groups is 3. The van der Waals surface area contributed by atoms with E-state index in [0.29, 0.717) is 10.7 Å². The number of thiazole rings is 1. The third-order valence-electron chi connectivity index (χ3n) is 4.71. The van der Waals surface area contributed by atoms with Crippen LogP contribution in [0.4, 0.5) is 15.6 Å². The second-order valence-electron chi connectivity index (χ2n) is 7.15. The van der Waals surface area contributed by atoms with Gasteiger partial charge in [0.15, 0.2) is 5.13 Å². The number of imide groups is 1. The molecule has 0 bridgehead atoms. The van der Waals surface area contributed by atoms with E-state index in [4.69, 9.17) is 11.6 Å². The maximum absolute atomic E-state index is 12.6. The lowest BCUT2D eigenvalue weighted by atomic mass is 10.2. The summed E-state index contributed by atoms with van der Waals surface area (Å²) in [7, 11) is -3.80. The van der Waals surface area contributed by atoms with Gasteiger partial charge in [0.2, 0.25) is 5.91 Å². The molecule has 3 aromatic rings. The van der Waals surface area contributed by atoms with Crippen molar-refractivity contribution in [1.82, 2.24) is 9.88 Å². The van der Waals surface area contributed by atoms with E-state index in [0.717, 1.165) is 33.6 Å². The molecule has 2 heterocycles. The molecule has 2 aromatic carbocycles. The molecule has 0 saturated carbocycles. The lowest BCUT2D eigenvalue weighted by Crippen LogP contribution is -2.31. The Morgan fingerprint density at radius 2 is 1.80 bits per heavy atom. The SMILES string of the molecule is O=C(CCN1C(=O)S/C(=C\c2ccc(Cl)cc2)C1=O)Nc1ccc(S(=O)(=O)Nc2nccs2)cc1. The monoisotopic (exact) mass is 548 g/mol. The topological polar surface area (TPSA) is 126 Å². The molecule has 1 saturated heterocycles. The zero-order chi connectivity index (χ0) is 25.0. The van der Waals surface area contributed by atoms with E-state index in [1.54, 1.807) is 35.7 Å². The van der Waals surface area contributed by atoms with Gasteiger partial charge in [-0.2, -0.15) is 0 Å². The molecule has 0 aliphatic carbocycles. The van der Waals surface area contributed by atoms with Crippen LogP contribution in [0.2, 0.25) is 5.02 Å². The van der Waals surface area contributed by atoms with Crippen LogP contribution < -0.4 is 10.0 Å². The molecule has 1 fully saturated rings. The van der Waals surface area contributed by atoms with Crippen molar-refractivity contribution in [3.63, 3.8) is 0 Å². The number of rotatable bonds is 8. The fourth-order valence-electron chi connectivity index (χ4n) is 3.01. The lowest BCUT2D eigenvalue weighted by molar-refractivity contribution is -0.123. The van der Waals surface area contributed by atoms with Gasteiger partial charge in [0, 0.05) is 35.3 Å². The van der Waals surface area contributed by atoms with Crippen LogP contribution in [0.1, 0.15) is 12.0 Å². The van der Waals surface area contributed by atoms with Crippen molar-refractivity contribution in [1.29, 1.82) is 0 Å². The highest BCUT2D eigenvalue weighted by atomic mass is 35.5. The first-order valence-corrected chi connectivity index (χ1v) is 13.6. The minimum absolute atomic E-state index is 0.0102. The predicted octanol–water partition coefficient (Wildman–Crippen LogP) is 4.66. The van der Waals surface area contributed by atoms with E-state index in [-0.39, 0.29) is 27.9 Å². The highest BCUT2D eigenvalue weighted by molar-refractivity contribution is 8.18. The van der Waals surface area contributed by atoms with Crippen LogP contribution in [-0.4, -0.2) is 41.9 Å². The highest BCUT2D eigenvalue weighted by Crippen LogP contribution is 2.32. The number of nitrogens with zero attached hydrogens (tertiary/aromatic N) is 2. The van der Waals surface area contributed by atoms with Gasteiger partial charge in [0.05, 0.1) is 9.80 Å². The summed E-state index contributed by atoms with van der Waals surface area (Å²) in [5, 5.41) is 4.63. The zero-order valence-electron chi connectivity index (χ0n) is 17.8. The number of aromatic nitrogens is 1. The van der Waals surface area contributed by atoms with Crippen molar-refractivity contribution < 1.29 is 22.8 Å². The standard InChI is InChI=1S/C22H17ClN4O5S3/c23-15-3-1-14(2-4-15)13-18-20(29)27(22(30)34-18)11-9-19(28)25-16-5-7-17(8-6-16)35(31,32)26-21-24-10-12-33-21/h1-8,10,12-13H,9,11H2,(H,24,26)(H,25,28)/b18-13-. The van der Waals surface area contributed by atoms with Gasteiger partial charge in [0.25, 0.3) is 21.2 Å². The molecule has 3 amide bonds. The number of thioether (sulfide) groups is 1. The number of sulfonamides is 1. The largest absolute Gasteiger partial charge is 0.326 e. The molecule has 13 heteroatoms. The van der Waals surface area contributed by atoms with Crippen LogP contribution in [0.5, 0.6) is 0 Å². The van der Waals surface area contributed by atoms with Crippen LogP contribution in [0.15, 0.2) is 69.9 Å². The van der Waals surface area contributed by atoms with Gasteiger partial charge in [-0.1, -0.05) is 23.7 Å². The van der Waals surface area contributed by atoms with Crippen molar-refractivity contribution in [2.24, 2.45) is 0 Å². The molecule has 35 heavy (non-hydrogen) atoms. The maximum atomic E-state index is 12.6. The normalized spacial score (nSPS) is 15.0. The van der Waals surface area contributed by atoms with Crippen LogP contribution in [0, 0.1) is 0 Å². The maximum Gasteiger partial charge on any atom is 0.293 e. The summed E-state index contributed by atoms with van der Waals surface area (Å²) >= 11 is 7.82. The Morgan fingerprint density at radius 1 is 1.09 bits per heavy atom. The molecule has 0 atom stereocenters. The molecular formula is C22H17ClN4O5S3. The third-order valence-corrected chi connectivity index (χ3v) is 8.04. The summed E-state index contributed by atoms with van der Waals surface area (Å²) < 4.78 is 27.1. The Morgan fingerprint density at radius 3 is 2.46 bits per heavy atom. The van der Waals surface area contributed by atoms with Crippen LogP contribution in [0.3, 0.4) is 0 Å². The van der Waals surface area contributed by atoms with E-state index < -0.39 is 27.1 Å². The van der Waals surface area contributed by atoms with Crippen LogP contribution >= 0.6 is 34.7 Å². The first-order valence-electron chi connectivity index (χ1n) is 10.0. The number of amides is 3. The van der Waals surface area contributed by atoms with Crippen LogP contribution in [-0.2, 0) is 19.6 Å². The summed E-state index contributed by atoms with van der Waals surface area (Å²) in [6.07, 6.45) is 2.97. The molecule has 1 aliphatic rings. The fraction of sp³-hybridized carbons (Fsp3) is 0.0909. The molecule has 0 spiro atoms. The van der Waals surface area contributed by atoms with Crippen molar-refractivity contribution in [3.05, 3.63) is 75.6 Å². The van der Waals surface area contributed by atoms with E-state index in [2.05, 4.69) is 15.0 Å². The average molecular weight is 549 g/mol. The van der Waals surface area contributed by atoms with Crippen LogP contribution in [0.25, 0.3) is 6.08 Å². The summed E-state index contributed by atoms with van der Waals surface area (Å²) in [6, 6.07) is 12.4. The molecule has 4 rings (SSSR count). The number of hydrogen-bond acceptors (Lipinski definition) is 8. The second kappa shape index (κ2) is 10.6. The minimum atomic E-state index is -3.80. The zero-order valence-corrected chi connectivity index (χ0v) is 21.0. The molecule has 0 radical (unpaired) electrons. The summed E-state index contributed by atoms with van der Waals surface area (Å²) in [4.78, 5) is 42.4. The molecule has 1 aromatic heterocycles. The van der Waals surface area contributed by atoms with E-state index in [9.17, 15) is 22.8 Å². The summed E-state index contributed by atoms with van der Waals surface area (Å²) in [5.74, 6) is -0.896. The van der Waals surface area contributed by atoms with Crippen molar-refractivity contribution in [3.8, 4) is 0 Å². The number of benzene rings is 2. The number of carbonyl (C=O) groups excluding carboxylic acids is 3. The Bertz CT molecular complexity index is 1390. The van der Waals surface area contributed by atoms with Gasteiger partial charge in [0.1, 0.15) is 0 Å². The van der Waals surface area contributed by atoms with Crippen molar-refractivity contribution >= 4 is 78.7 Å². The molecule has 180 valence electrons. The number of hydrogen-bond donors (Lipinski definition) is 2. The molecule has 9 nitrogen and oxygen atoms in total. The summed E-state index contributed by atoms with van der Waals surface area (Å²) in [6.45, 7) is -0.0847. The van der Waals surface area contributed by atoms with E-state index in [1.807, 2.05) is 0 Å². The first kappa shape index (κ1) is 24.9. The Hall–Kier alpha value is -3.19. The minimum Gasteiger partial charge on any atom is -0.326 e. The number of nitrogens with one attached hydrogen (secondary N) is 2. The van der Waals surface area contributed by atoms with Gasteiger partial charge in [-0.15, -0.1) is 11.3 Å². The van der Waals surface area contributed by atoms with E-state index in [1.165, 1.54) is 30.5 Å². The molecule has 1 aliphatic heterocycles. The summed E-state index contributed by atoms with van der Waals surface area (Å²) in [5.41, 5.74) is 1.10. The predicted molar refractivity (Wildman–Crippen MR) is 137 cm³/mol. The Kier molecular flexibility index (Phi) is 7.55. The van der Waals surface area contributed by atoms with Gasteiger partial charge >= 0.3 is 0 Å². The Labute approximate surface area is 214 Å². The van der Waals surface area contributed by atoms with Gasteiger partial charge in [-0.05, 0) is 59.8 Å². The third kappa shape index (κ3) is 6.28. The van der Waals surface area contributed by atoms with Gasteiger partial charge in [-0.25, -0.2) is 13.4 Å². The average Bonchev–Trinajstić information content (AvgIpc) is 3.41. The molecule has 2 N–H and O–H groups in total. The van der Waals surface area contributed by atoms with Crippen molar-refractivity contribution in [2.45, 2.75) is 11.3 Å². The second-order valence-corrected chi connectivity index (χ2v) is 11.2. The molecular weight excluding hydrogens is 532 g/mol. The highest BCUT2D eigenvalue weighted by Gasteiger charge is 2.35. The first-order chi connectivity index (χ1) is 16.7.